The molecule has 0 bridgehead atoms. The molecule has 2 heterocycles. The van der Waals surface area contributed by atoms with E-state index in [9.17, 15) is 9.59 Å². The molecule has 6 aliphatic rings. The van der Waals surface area contributed by atoms with E-state index in [0.29, 0.717) is 75.6 Å². The van der Waals surface area contributed by atoms with Gasteiger partial charge in [0, 0.05) is 11.4 Å². The summed E-state index contributed by atoms with van der Waals surface area (Å²) in [5.74, 6) is -0.564. The molecule has 0 aromatic rings. The normalized spacial score (nSPS) is 32.2. The number of rotatable bonds is 6. The van der Waals surface area contributed by atoms with Gasteiger partial charge in [0.2, 0.25) is 0 Å². The van der Waals surface area contributed by atoms with Gasteiger partial charge in [-0.2, -0.15) is 114 Å². The minimum Gasteiger partial charge on any atom is 0 e. The molecule has 0 aromatic carbocycles. The van der Waals surface area contributed by atoms with E-state index >= 15 is 0 Å². The van der Waals surface area contributed by atoms with Crippen LogP contribution in [0.25, 0.3) is 53.2 Å². The third kappa shape index (κ3) is 25.9. The van der Waals surface area contributed by atoms with Crippen LogP contribution in [0.1, 0.15) is 142 Å². The third-order valence-corrected chi connectivity index (χ3v) is 13.0. The largest absolute Gasteiger partial charge is 0 e. The van der Waals surface area contributed by atoms with Gasteiger partial charge >= 0.3 is 78.6 Å². The molecule has 14 nitrogen and oxygen atoms in total. The maximum atomic E-state index is 11.9. The van der Waals surface area contributed by atoms with E-state index in [1.165, 1.54) is 51.4 Å². The van der Waals surface area contributed by atoms with Crippen molar-refractivity contribution in [2.24, 2.45) is 11.8 Å². The second-order valence-electron chi connectivity index (χ2n) is 18.6. The number of halogens is 4. The Morgan fingerprint density at radius 3 is 0.818 bits per heavy atom. The number of hydrogen-bond donors (Lipinski definition) is 0. The summed E-state index contributed by atoms with van der Waals surface area (Å²) in [5, 5.41) is 49.4. The van der Waals surface area contributed by atoms with Crippen molar-refractivity contribution in [1.29, 1.82) is 0 Å². The minimum absolute atomic E-state index is 0. The van der Waals surface area contributed by atoms with Crippen molar-refractivity contribution < 1.29 is 56.7 Å². The molecule has 0 amide bonds. The van der Waals surface area contributed by atoms with Gasteiger partial charge in [0.05, 0.1) is 25.0 Å². The van der Waals surface area contributed by atoms with Gasteiger partial charge in [-0.3, -0.25) is 9.59 Å². The van der Waals surface area contributed by atoms with Crippen molar-refractivity contribution in [3.05, 3.63) is 53.2 Å². The van der Waals surface area contributed by atoms with E-state index in [2.05, 4.69) is 0 Å². The van der Waals surface area contributed by atoms with Crippen LogP contribution in [0.4, 0.5) is 0 Å². The standard InChI is InChI=1S/2C23H40N5O2.4ClH.2Mn.8H2/c2*1-17(2)23(29)30-16-18-15-28-22-10-6-5-9-21(22)27-14-13-26-20-8-4-3-7-19(20)25-12-11-24-18;;;;;;;;;;;;;;/h2*17-22H,3-16H2,1-2H3;4*1H;;;8*1H/q2*-5;;;;;2*+2;;;;;;;;/p-4/t2*18-,19?,20?,21+,22+;;;;;;;;;;;;;;/m00............../s1. The number of hydrogen-bond acceptors (Lipinski definition) is 4. The summed E-state index contributed by atoms with van der Waals surface area (Å²) in [4.78, 5) is 23.9. The topological polar surface area (TPSA) is 194 Å². The Morgan fingerprint density at radius 1 is 0.409 bits per heavy atom. The fourth-order valence-electron chi connectivity index (χ4n) is 9.42. The Labute approximate surface area is 441 Å². The van der Waals surface area contributed by atoms with Gasteiger partial charge in [-0.25, -0.2) is 0 Å². The molecule has 2 aliphatic heterocycles. The van der Waals surface area contributed by atoms with Crippen molar-refractivity contribution in [1.82, 2.24) is 0 Å². The Bertz CT molecular complexity index is 1200. The van der Waals surface area contributed by atoms with Crippen LogP contribution in [0, 0.1) is 11.8 Å². The predicted octanol–water partition coefficient (Wildman–Crippen LogP) is 14.8. The fourth-order valence-corrected chi connectivity index (χ4v) is 9.42. The molecule has 0 spiro atoms. The molecular weight excluding hydrogens is 1010 g/mol. The van der Waals surface area contributed by atoms with Crippen molar-refractivity contribution in [3.8, 4) is 0 Å². The molecule has 0 N–H and O–H groups in total. The summed E-state index contributed by atoms with van der Waals surface area (Å²) in [7, 11) is 19.2. The Kier molecular flexibility index (Phi) is 35.5. The molecule has 20 heteroatoms. The van der Waals surface area contributed by atoms with Crippen molar-refractivity contribution in [2.75, 3.05) is 78.7 Å². The second kappa shape index (κ2) is 38.4. The van der Waals surface area contributed by atoms with Gasteiger partial charge < -0.3 is 62.6 Å². The molecule has 4 aliphatic carbocycles. The van der Waals surface area contributed by atoms with Crippen LogP contribution in [0.2, 0.25) is 0 Å². The number of carbonyl (C=O) groups excluding carboxylic acids is 2. The molecule has 6 rings (SSSR count). The molecular formula is C46H96Cl4Mn2N10O4-10. The zero-order valence-electron chi connectivity index (χ0n) is 40.1. The molecule has 0 aromatic heterocycles. The number of esters is 2. The Hall–Kier alpha value is 0.739. The van der Waals surface area contributed by atoms with Crippen LogP contribution in [0.15, 0.2) is 0 Å². The van der Waals surface area contributed by atoms with Gasteiger partial charge in [0.15, 0.2) is 0 Å². The molecule has 10 atom stereocenters. The molecule has 4 saturated carbocycles. The number of fused-ring (bicyclic) bond motifs is 4. The van der Waals surface area contributed by atoms with Crippen LogP contribution >= 0.6 is 40.4 Å². The molecule has 66 heavy (non-hydrogen) atoms. The maximum absolute atomic E-state index is 11.9. The SMILES string of the molecule is CC(C)C(=O)OC[C@@H]1C[N-][C@@H]2CCCC[C@H]2[N-]CC[N-]C2CCCCC2[N-]CC[N-]1.CC(C)C(=O)OC[C@@H]1C[N-][C@@H]2CCCC[C@H]2[N-]CC[N-]C2CCCCC2[N-]CC[N-]1.[Cl][Mn][Cl].[Cl][Mn][Cl].[HH].[HH].[HH].[HH].[HH].[HH].[HH].[HH]. The molecule has 4 unspecified atom stereocenters. The number of carbonyl (C=O) groups is 2. The van der Waals surface area contributed by atoms with E-state index in [-0.39, 0.29) is 85.6 Å². The third-order valence-electron chi connectivity index (χ3n) is 13.0. The Balaban J connectivity index is -0.000000257. The maximum Gasteiger partial charge on any atom is 0 e. The summed E-state index contributed by atoms with van der Waals surface area (Å²) in [6.45, 7) is 15.3. The minimum atomic E-state index is -0.164. The Morgan fingerprint density at radius 2 is 0.606 bits per heavy atom. The quantitative estimate of drug-likeness (QED) is 0.189. The first kappa shape index (κ1) is 61.0. The first-order valence-corrected chi connectivity index (χ1v) is 31.3. The van der Waals surface area contributed by atoms with E-state index in [1.807, 2.05) is 27.7 Å². The van der Waals surface area contributed by atoms with E-state index < -0.39 is 0 Å². The van der Waals surface area contributed by atoms with E-state index in [0.717, 1.165) is 90.6 Å². The molecule has 2 saturated heterocycles. The molecule has 406 valence electrons. The average molecular weight is 1110 g/mol. The first-order chi connectivity index (χ1) is 32.1. The van der Waals surface area contributed by atoms with Gasteiger partial charge in [-0.1, -0.05) is 130 Å². The smallest absolute Gasteiger partial charge is 0 e. The van der Waals surface area contributed by atoms with Crippen LogP contribution in [-0.2, 0) is 45.3 Å². The van der Waals surface area contributed by atoms with Gasteiger partial charge in [0.25, 0.3) is 0 Å². The zero-order chi connectivity index (χ0) is 47.8. The molecule has 6 fully saturated rings. The zero-order valence-corrected chi connectivity index (χ0v) is 45.5. The van der Waals surface area contributed by atoms with Gasteiger partial charge in [-0.15, -0.1) is 12.1 Å². The van der Waals surface area contributed by atoms with Crippen LogP contribution < -0.4 is 0 Å². The van der Waals surface area contributed by atoms with Gasteiger partial charge in [-0.05, 0) is 0 Å². The fraction of sp³-hybridized carbons (Fsp3) is 0.957. The van der Waals surface area contributed by atoms with Crippen LogP contribution in [0.3, 0.4) is 0 Å². The van der Waals surface area contributed by atoms with E-state index in [4.69, 9.17) is 103 Å². The summed E-state index contributed by atoms with van der Waals surface area (Å²) in [6, 6.07) is 2.39. The first-order valence-electron chi connectivity index (χ1n) is 24.8. The van der Waals surface area contributed by atoms with Crippen molar-refractivity contribution in [3.63, 3.8) is 0 Å². The molecule has 0 radical (unpaired) electrons. The summed E-state index contributed by atoms with van der Waals surface area (Å²) < 4.78 is 11.0. The van der Waals surface area contributed by atoms with E-state index in [1.54, 1.807) is 0 Å². The monoisotopic (exact) mass is 1100 g/mol. The van der Waals surface area contributed by atoms with Crippen LogP contribution in [-0.4, -0.2) is 151 Å². The summed E-state index contributed by atoms with van der Waals surface area (Å²) in [6.07, 6.45) is 19.0. The predicted molar refractivity (Wildman–Crippen MR) is 286 cm³/mol. The van der Waals surface area contributed by atoms with Crippen molar-refractivity contribution in [2.45, 2.75) is 191 Å². The number of nitrogens with zero attached hydrogens (tertiary/aromatic N) is 10. The second-order valence-corrected chi connectivity index (χ2v) is 22.5. The van der Waals surface area contributed by atoms with Gasteiger partial charge in [0.1, 0.15) is 0 Å². The summed E-state index contributed by atoms with van der Waals surface area (Å²) >= 11 is 0.0139. The summed E-state index contributed by atoms with van der Waals surface area (Å²) in [5.41, 5.74) is 0. The van der Waals surface area contributed by atoms with Crippen molar-refractivity contribution >= 4 is 52.3 Å². The van der Waals surface area contributed by atoms with Crippen LogP contribution in [0.5, 0.6) is 0 Å². The average Bonchev–Trinajstić information content (AvgIpc) is 3.33. The number of ether oxygens (including phenoxy) is 2.